The molecule has 1 aliphatic rings. The molecule has 2 heterocycles. The Morgan fingerprint density at radius 3 is 2.82 bits per heavy atom. The lowest BCUT2D eigenvalue weighted by molar-refractivity contribution is 0.0378. The van der Waals surface area contributed by atoms with Gasteiger partial charge in [-0.3, -0.25) is 4.90 Å². The van der Waals surface area contributed by atoms with Crippen LogP contribution in [0.25, 0.3) is 10.9 Å². The maximum atomic E-state index is 5.37. The number of anilines is 1. The molecule has 0 radical (unpaired) electrons. The summed E-state index contributed by atoms with van der Waals surface area (Å²) < 4.78 is 5.37. The first-order valence-electron chi connectivity index (χ1n) is 8.14. The number of nitrogens with zero attached hydrogens (tertiary/aromatic N) is 2. The van der Waals surface area contributed by atoms with E-state index in [2.05, 4.69) is 48.3 Å². The van der Waals surface area contributed by atoms with Gasteiger partial charge >= 0.3 is 0 Å². The minimum absolute atomic E-state index is 0.873. The molecule has 1 aromatic heterocycles. The lowest BCUT2D eigenvalue weighted by Gasteiger charge is -2.26. The van der Waals surface area contributed by atoms with Gasteiger partial charge in [0.05, 0.1) is 18.7 Å². The van der Waals surface area contributed by atoms with E-state index < -0.39 is 0 Å². The fourth-order valence-electron chi connectivity index (χ4n) is 2.90. The standard InChI is InChI=1S/C18H25N3O/c1-14-4-5-16-13-15(2)18(20-17(16)12-14)19-6-3-7-21-8-10-22-11-9-21/h4-5,12-13H,3,6-11H2,1-2H3,(H,19,20). The van der Waals surface area contributed by atoms with E-state index in [4.69, 9.17) is 9.72 Å². The van der Waals surface area contributed by atoms with Crippen molar-refractivity contribution in [1.29, 1.82) is 0 Å². The van der Waals surface area contributed by atoms with Gasteiger partial charge in [-0.25, -0.2) is 4.98 Å². The van der Waals surface area contributed by atoms with E-state index in [9.17, 15) is 0 Å². The van der Waals surface area contributed by atoms with Crippen molar-refractivity contribution in [3.8, 4) is 0 Å². The van der Waals surface area contributed by atoms with Crippen LogP contribution in [0.3, 0.4) is 0 Å². The highest BCUT2D eigenvalue weighted by Crippen LogP contribution is 2.20. The molecule has 0 amide bonds. The van der Waals surface area contributed by atoms with Crippen molar-refractivity contribution in [3.63, 3.8) is 0 Å². The fourth-order valence-corrected chi connectivity index (χ4v) is 2.90. The summed E-state index contributed by atoms with van der Waals surface area (Å²) in [5.41, 5.74) is 3.53. The Bertz CT molecular complexity index is 636. The van der Waals surface area contributed by atoms with E-state index in [0.29, 0.717) is 0 Å². The first-order chi connectivity index (χ1) is 10.7. The average Bonchev–Trinajstić information content (AvgIpc) is 2.53. The lowest BCUT2D eigenvalue weighted by Crippen LogP contribution is -2.37. The Balaban J connectivity index is 1.57. The molecule has 1 aromatic carbocycles. The Kier molecular flexibility index (Phi) is 4.90. The maximum Gasteiger partial charge on any atom is 0.129 e. The number of pyridine rings is 1. The summed E-state index contributed by atoms with van der Waals surface area (Å²) in [4.78, 5) is 7.24. The van der Waals surface area contributed by atoms with E-state index >= 15 is 0 Å². The smallest absolute Gasteiger partial charge is 0.129 e. The molecule has 4 heteroatoms. The van der Waals surface area contributed by atoms with Crippen molar-refractivity contribution in [2.24, 2.45) is 0 Å². The second-order valence-corrected chi connectivity index (χ2v) is 6.08. The van der Waals surface area contributed by atoms with Crippen LogP contribution < -0.4 is 5.32 Å². The highest BCUT2D eigenvalue weighted by atomic mass is 16.5. The number of benzene rings is 1. The van der Waals surface area contributed by atoms with E-state index in [0.717, 1.165) is 57.1 Å². The second-order valence-electron chi connectivity index (χ2n) is 6.08. The number of fused-ring (bicyclic) bond motifs is 1. The Labute approximate surface area is 132 Å². The Morgan fingerprint density at radius 1 is 1.18 bits per heavy atom. The predicted molar refractivity (Wildman–Crippen MR) is 91.6 cm³/mol. The number of morpholine rings is 1. The number of aromatic nitrogens is 1. The van der Waals surface area contributed by atoms with Gasteiger partial charge < -0.3 is 10.1 Å². The number of rotatable bonds is 5. The number of hydrogen-bond donors (Lipinski definition) is 1. The van der Waals surface area contributed by atoms with Crippen molar-refractivity contribution in [1.82, 2.24) is 9.88 Å². The molecule has 1 saturated heterocycles. The molecule has 1 fully saturated rings. The fraction of sp³-hybridized carbons (Fsp3) is 0.500. The van der Waals surface area contributed by atoms with Crippen LogP contribution in [0.15, 0.2) is 24.3 Å². The van der Waals surface area contributed by atoms with Gasteiger partial charge in [0.2, 0.25) is 0 Å². The van der Waals surface area contributed by atoms with E-state index in [1.54, 1.807) is 0 Å². The zero-order valence-electron chi connectivity index (χ0n) is 13.6. The molecule has 3 rings (SSSR count). The van der Waals surface area contributed by atoms with E-state index in [1.807, 2.05) is 0 Å². The van der Waals surface area contributed by atoms with Crippen LogP contribution >= 0.6 is 0 Å². The molecular weight excluding hydrogens is 274 g/mol. The van der Waals surface area contributed by atoms with Crippen LogP contribution in [0.1, 0.15) is 17.5 Å². The molecule has 0 atom stereocenters. The summed E-state index contributed by atoms with van der Waals surface area (Å²) in [6.45, 7) is 10.2. The summed E-state index contributed by atoms with van der Waals surface area (Å²) in [6, 6.07) is 8.64. The monoisotopic (exact) mass is 299 g/mol. The summed E-state index contributed by atoms with van der Waals surface area (Å²) in [5.74, 6) is 1.01. The van der Waals surface area contributed by atoms with Crippen molar-refractivity contribution < 1.29 is 4.74 Å². The van der Waals surface area contributed by atoms with Crippen molar-refractivity contribution in [2.75, 3.05) is 44.7 Å². The Hall–Kier alpha value is -1.65. The molecule has 0 bridgehead atoms. The van der Waals surface area contributed by atoms with Gasteiger partial charge in [0.1, 0.15) is 5.82 Å². The number of aryl methyl sites for hydroxylation is 2. The Morgan fingerprint density at radius 2 is 2.00 bits per heavy atom. The molecule has 0 spiro atoms. The van der Waals surface area contributed by atoms with Crippen LogP contribution in [0.4, 0.5) is 5.82 Å². The molecule has 118 valence electrons. The quantitative estimate of drug-likeness (QED) is 0.861. The van der Waals surface area contributed by atoms with Crippen molar-refractivity contribution >= 4 is 16.7 Å². The first-order valence-corrected chi connectivity index (χ1v) is 8.14. The summed E-state index contributed by atoms with van der Waals surface area (Å²) >= 11 is 0. The van der Waals surface area contributed by atoms with Gasteiger partial charge in [0.15, 0.2) is 0 Å². The van der Waals surface area contributed by atoms with Gasteiger partial charge in [-0.1, -0.05) is 12.1 Å². The van der Waals surface area contributed by atoms with E-state index in [-0.39, 0.29) is 0 Å². The lowest BCUT2D eigenvalue weighted by atomic mass is 10.1. The van der Waals surface area contributed by atoms with Crippen LogP contribution in [-0.4, -0.2) is 49.3 Å². The van der Waals surface area contributed by atoms with Crippen LogP contribution in [-0.2, 0) is 4.74 Å². The zero-order valence-corrected chi connectivity index (χ0v) is 13.6. The van der Waals surface area contributed by atoms with Gasteiger partial charge in [0, 0.05) is 25.0 Å². The minimum Gasteiger partial charge on any atom is -0.379 e. The molecular formula is C18H25N3O. The van der Waals surface area contributed by atoms with Crippen LogP contribution in [0.2, 0.25) is 0 Å². The van der Waals surface area contributed by atoms with E-state index in [1.165, 1.54) is 16.5 Å². The molecule has 4 nitrogen and oxygen atoms in total. The molecule has 22 heavy (non-hydrogen) atoms. The maximum absolute atomic E-state index is 5.37. The SMILES string of the molecule is Cc1ccc2cc(C)c(NCCCN3CCOCC3)nc2c1. The van der Waals surface area contributed by atoms with Gasteiger partial charge in [-0.05, 0) is 50.1 Å². The molecule has 0 unspecified atom stereocenters. The summed E-state index contributed by atoms with van der Waals surface area (Å²) in [5, 5.41) is 4.71. The highest BCUT2D eigenvalue weighted by Gasteiger charge is 2.09. The van der Waals surface area contributed by atoms with Crippen LogP contribution in [0.5, 0.6) is 0 Å². The highest BCUT2D eigenvalue weighted by molar-refractivity contribution is 5.82. The predicted octanol–water partition coefficient (Wildman–Crippen LogP) is 2.99. The van der Waals surface area contributed by atoms with Crippen molar-refractivity contribution in [3.05, 3.63) is 35.4 Å². The molecule has 1 aliphatic heterocycles. The second kappa shape index (κ2) is 7.07. The zero-order chi connectivity index (χ0) is 15.4. The average molecular weight is 299 g/mol. The first kappa shape index (κ1) is 15.3. The molecule has 2 aromatic rings. The summed E-state index contributed by atoms with van der Waals surface area (Å²) in [6.07, 6.45) is 1.13. The van der Waals surface area contributed by atoms with Crippen LogP contribution in [0, 0.1) is 13.8 Å². The topological polar surface area (TPSA) is 37.4 Å². The largest absolute Gasteiger partial charge is 0.379 e. The number of hydrogen-bond acceptors (Lipinski definition) is 4. The number of nitrogens with one attached hydrogen (secondary N) is 1. The van der Waals surface area contributed by atoms with Gasteiger partial charge in [-0.15, -0.1) is 0 Å². The third kappa shape index (κ3) is 3.76. The normalized spacial score (nSPS) is 16.1. The summed E-state index contributed by atoms with van der Waals surface area (Å²) in [7, 11) is 0. The molecule has 0 saturated carbocycles. The molecule has 1 N–H and O–H groups in total. The third-order valence-electron chi connectivity index (χ3n) is 4.21. The van der Waals surface area contributed by atoms with Crippen molar-refractivity contribution in [2.45, 2.75) is 20.3 Å². The number of ether oxygens (including phenoxy) is 1. The third-order valence-corrected chi connectivity index (χ3v) is 4.21. The molecule has 0 aliphatic carbocycles. The van der Waals surface area contributed by atoms with Gasteiger partial charge in [0.25, 0.3) is 0 Å². The van der Waals surface area contributed by atoms with Gasteiger partial charge in [-0.2, -0.15) is 0 Å². The minimum atomic E-state index is 0.873.